The number of rotatable bonds is 6. The van der Waals surface area contributed by atoms with Gasteiger partial charge in [0.15, 0.2) is 0 Å². The van der Waals surface area contributed by atoms with Crippen LogP contribution in [0.15, 0.2) is 36.5 Å². The second-order valence-corrected chi connectivity index (χ2v) is 7.64. The highest BCUT2D eigenvalue weighted by Gasteiger charge is 2.41. The number of ether oxygens (including phenoxy) is 2. The van der Waals surface area contributed by atoms with Crippen molar-refractivity contribution in [3.63, 3.8) is 0 Å². The first kappa shape index (κ1) is 21.1. The Morgan fingerprint density at radius 3 is 2.83 bits per heavy atom. The molecular weight excluding hydrogens is 394 g/mol. The molecule has 7 nitrogen and oxygen atoms in total. The summed E-state index contributed by atoms with van der Waals surface area (Å²) in [6.07, 6.45) is 1.58. The van der Waals surface area contributed by atoms with Gasteiger partial charge in [0.25, 0.3) is 5.91 Å². The molecule has 2 amide bonds. The van der Waals surface area contributed by atoms with E-state index in [1.807, 2.05) is 13.0 Å². The minimum Gasteiger partial charge on any atom is -0.490 e. The van der Waals surface area contributed by atoms with Gasteiger partial charge in [-0.15, -0.1) is 0 Å². The second-order valence-electron chi connectivity index (χ2n) is 7.24. The van der Waals surface area contributed by atoms with Crippen molar-refractivity contribution in [1.82, 2.24) is 9.88 Å². The molecular formula is C21H24ClN3O4. The molecule has 1 aromatic carbocycles. The number of pyridine rings is 1. The van der Waals surface area contributed by atoms with E-state index in [0.29, 0.717) is 28.6 Å². The maximum Gasteiger partial charge on any atom is 0.255 e. The molecule has 1 aliphatic heterocycles. The SMILES string of the molecule is Cc1cc(OC[C@]2(CC(N)=O)CN(C(=O)c3cccnc3C)CCO2)ccc1Cl. The lowest BCUT2D eigenvalue weighted by Crippen LogP contribution is -2.58. The number of nitrogens with two attached hydrogens (primary N) is 1. The third-order valence-corrected chi connectivity index (χ3v) is 5.32. The summed E-state index contributed by atoms with van der Waals surface area (Å²) in [7, 11) is 0. The summed E-state index contributed by atoms with van der Waals surface area (Å²) in [5, 5.41) is 0.640. The van der Waals surface area contributed by atoms with Gasteiger partial charge in [-0.1, -0.05) is 11.6 Å². The van der Waals surface area contributed by atoms with Crippen LogP contribution >= 0.6 is 11.6 Å². The minimum atomic E-state index is -1.02. The topological polar surface area (TPSA) is 94.8 Å². The van der Waals surface area contributed by atoms with E-state index in [4.69, 9.17) is 26.8 Å². The zero-order valence-electron chi connectivity index (χ0n) is 16.5. The van der Waals surface area contributed by atoms with E-state index in [1.54, 1.807) is 42.3 Å². The number of nitrogens with zero attached hydrogens (tertiary/aromatic N) is 2. The van der Waals surface area contributed by atoms with Crippen molar-refractivity contribution < 1.29 is 19.1 Å². The summed E-state index contributed by atoms with van der Waals surface area (Å²) in [6.45, 7) is 4.62. The molecule has 2 aromatic rings. The van der Waals surface area contributed by atoms with Crippen LogP contribution in [-0.2, 0) is 9.53 Å². The fourth-order valence-corrected chi connectivity index (χ4v) is 3.50. The van der Waals surface area contributed by atoms with Gasteiger partial charge in [0, 0.05) is 23.5 Å². The number of aryl methyl sites for hydroxylation is 2. The van der Waals surface area contributed by atoms with Crippen molar-refractivity contribution in [2.45, 2.75) is 25.9 Å². The lowest BCUT2D eigenvalue weighted by Gasteiger charge is -2.42. The number of carbonyl (C=O) groups excluding carboxylic acids is 2. The van der Waals surface area contributed by atoms with Crippen molar-refractivity contribution in [2.24, 2.45) is 5.73 Å². The second kappa shape index (κ2) is 8.80. The third-order valence-electron chi connectivity index (χ3n) is 4.90. The fraction of sp³-hybridized carbons (Fsp3) is 0.381. The van der Waals surface area contributed by atoms with Crippen molar-refractivity contribution in [3.8, 4) is 5.75 Å². The van der Waals surface area contributed by atoms with Gasteiger partial charge in [-0.2, -0.15) is 0 Å². The molecule has 154 valence electrons. The first-order valence-corrected chi connectivity index (χ1v) is 9.69. The minimum absolute atomic E-state index is 0.0601. The predicted octanol–water partition coefficient (Wildman–Crippen LogP) is 2.52. The Morgan fingerprint density at radius 1 is 1.34 bits per heavy atom. The van der Waals surface area contributed by atoms with Gasteiger partial charge in [-0.05, 0) is 49.7 Å². The number of benzene rings is 1. The number of hydrogen-bond donors (Lipinski definition) is 1. The number of morpholine rings is 1. The van der Waals surface area contributed by atoms with Crippen LogP contribution in [0, 0.1) is 13.8 Å². The Kier molecular flexibility index (Phi) is 6.39. The highest BCUT2D eigenvalue weighted by atomic mass is 35.5. The summed E-state index contributed by atoms with van der Waals surface area (Å²) in [4.78, 5) is 30.6. The van der Waals surface area contributed by atoms with Gasteiger partial charge in [0.05, 0.1) is 25.1 Å². The molecule has 3 rings (SSSR count). The molecule has 1 aromatic heterocycles. The van der Waals surface area contributed by atoms with E-state index >= 15 is 0 Å². The Bertz CT molecular complexity index is 921. The van der Waals surface area contributed by atoms with Gasteiger partial charge in [-0.3, -0.25) is 14.6 Å². The van der Waals surface area contributed by atoms with Gasteiger partial charge in [0.1, 0.15) is 18.0 Å². The normalized spacial score (nSPS) is 19.1. The number of amides is 2. The Labute approximate surface area is 174 Å². The van der Waals surface area contributed by atoms with Crippen LogP contribution in [0.4, 0.5) is 0 Å². The number of primary amides is 1. The lowest BCUT2D eigenvalue weighted by atomic mass is 9.96. The van der Waals surface area contributed by atoms with Gasteiger partial charge >= 0.3 is 0 Å². The summed E-state index contributed by atoms with van der Waals surface area (Å²) in [5.41, 5.74) is 6.50. The van der Waals surface area contributed by atoms with E-state index in [1.165, 1.54) is 0 Å². The Hall–Kier alpha value is -2.64. The molecule has 2 heterocycles. The van der Waals surface area contributed by atoms with Crippen LogP contribution < -0.4 is 10.5 Å². The van der Waals surface area contributed by atoms with Gasteiger partial charge in [-0.25, -0.2) is 0 Å². The van der Waals surface area contributed by atoms with Crippen LogP contribution in [0.25, 0.3) is 0 Å². The van der Waals surface area contributed by atoms with E-state index in [0.717, 1.165) is 5.56 Å². The van der Waals surface area contributed by atoms with Crippen LogP contribution in [0.2, 0.25) is 5.02 Å². The zero-order chi connectivity index (χ0) is 21.0. The molecule has 0 aliphatic carbocycles. The fourth-order valence-electron chi connectivity index (χ4n) is 3.38. The first-order valence-electron chi connectivity index (χ1n) is 9.32. The summed E-state index contributed by atoms with van der Waals surface area (Å²) < 4.78 is 11.8. The average Bonchev–Trinajstić information content (AvgIpc) is 2.68. The van der Waals surface area contributed by atoms with Crippen LogP contribution in [0.5, 0.6) is 5.75 Å². The average molecular weight is 418 g/mol. The van der Waals surface area contributed by atoms with Gasteiger partial charge in [0.2, 0.25) is 5.91 Å². The van der Waals surface area contributed by atoms with E-state index in [2.05, 4.69) is 4.98 Å². The first-order chi connectivity index (χ1) is 13.8. The molecule has 1 saturated heterocycles. The van der Waals surface area contributed by atoms with E-state index in [-0.39, 0.29) is 32.1 Å². The highest BCUT2D eigenvalue weighted by molar-refractivity contribution is 6.31. The standard InChI is InChI=1S/C21H24ClN3O4/c1-14-10-16(5-6-18(14)22)28-13-21(11-19(23)26)12-25(8-9-29-21)20(27)17-4-3-7-24-15(17)2/h3-7,10H,8-9,11-13H2,1-2H3,(H2,23,26)/t21-/m0/s1. The van der Waals surface area contributed by atoms with Crippen LogP contribution in [0.3, 0.4) is 0 Å². The molecule has 0 saturated carbocycles. The maximum absolute atomic E-state index is 13.0. The van der Waals surface area contributed by atoms with Crippen molar-refractivity contribution in [3.05, 3.63) is 58.4 Å². The molecule has 8 heteroatoms. The highest BCUT2D eigenvalue weighted by Crippen LogP contribution is 2.27. The summed E-state index contributed by atoms with van der Waals surface area (Å²) in [5.74, 6) is -0.0753. The number of hydrogen-bond acceptors (Lipinski definition) is 5. The molecule has 0 unspecified atom stereocenters. The molecule has 1 aliphatic rings. The monoisotopic (exact) mass is 417 g/mol. The maximum atomic E-state index is 13.0. The molecule has 0 spiro atoms. The molecule has 0 bridgehead atoms. The van der Waals surface area contributed by atoms with Crippen molar-refractivity contribution >= 4 is 23.4 Å². The number of halogens is 1. The molecule has 0 radical (unpaired) electrons. The van der Waals surface area contributed by atoms with E-state index in [9.17, 15) is 9.59 Å². The summed E-state index contributed by atoms with van der Waals surface area (Å²) >= 11 is 6.06. The summed E-state index contributed by atoms with van der Waals surface area (Å²) in [6, 6.07) is 8.77. The van der Waals surface area contributed by atoms with E-state index < -0.39 is 11.5 Å². The third kappa shape index (κ3) is 5.05. The quantitative estimate of drug-likeness (QED) is 0.779. The van der Waals surface area contributed by atoms with Gasteiger partial charge < -0.3 is 20.1 Å². The zero-order valence-corrected chi connectivity index (χ0v) is 17.2. The molecule has 1 atom stereocenters. The van der Waals surface area contributed by atoms with Crippen molar-refractivity contribution in [1.29, 1.82) is 0 Å². The number of carbonyl (C=O) groups is 2. The number of aromatic nitrogens is 1. The van der Waals surface area contributed by atoms with Crippen molar-refractivity contribution in [2.75, 3.05) is 26.3 Å². The van der Waals surface area contributed by atoms with Crippen LogP contribution in [0.1, 0.15) is 28.0 Å². The lowest BCUT2D eigenvalue weighted by molar-refractivity contribution is -0.142. The molecule has 2 N–H and O–H groups in total. The van der Waals surface area contributed by atoms with Crippen LogP contribution in [-0.4, -0.2) is 53.6 Å². The molecule has 1 fully saturated rings. The predicted molar refractivity (Wildman–Crippen MR) is 109 cm³/mol. The Balaban J connectivity index is 1.79. The molecule has 29 heavy (non-hydrogen) atoms. The largest absolute Gasteiger partial charge is 0.490 e. The Morgan fingerprint density at radius 2 is 2.14 bits per heavy atom. The smallest absolute Gasteiger partial charge is 0.255 e.